The number of carbonyl (C=O) groups excluding carboxylic acids is 1. The second kappa shape index (κ2) is 6.01. The highest BCUT2D eigenvalue weighted by Crippen LogP contribution is 2.36. The average Bonchev–Trinajstić information content (AvgIpc) is 2.67. The van der Waals surface area contributed by atoms with Gasteiger partial charge in [0.25, 0.3) is 0 Å². The smallest absolute Gasteiger partial charge is 0.480 e. The Morgan fingerprint density at radius 2 is 1.83 bits per heavy atom. The molecule has 1 N–H and O–H groups in total. The van der Waals surface area contributed by atoms with E-state index in [9.17, 15) is 4.79 Å². The SMILES string of the molecule is COc1ncc(B2OC(C)(C)C(C)(C)O2)cc1NC(=O)N(C)C. The number of ether oxygens (including phenoxy) is 1. The standard InChI is InChI=1S/C15H24BN3O4/c1-14(2)15(3,4)23-16(22-14)10-8-11(12(21-7)17-9-10)18-13(20)19(5)6/h8-9H,1-7H3,(H,18,20). The van der Waals surface area contributed by atoms with Crippen molar-refractivity contribution in [1.82, 2.24) is 9.88 Å². The Morgan fingerprint density at radius 1 is 1.26 bits per heavy atom. The number of aromatic nitrogens is 1. The number of pyridine rings is 1. The van der Waals surface area contributed by atoms with Gasteiger partial charge in [-0.1, -0.05) is 0 Å². The molecule has 1 aliphatic heterocycles. The Bertz CT molecular complexity index is 588. The van der Waals surface area contributed by atoms with Crippen molar-refractivity contribution >= 4 is 24.3 Å². The van der Waals surface area contributed by atoms with Gasteiger partial charge in [0.2, 0.25) is 5.88 Å². The van der Waals surface area contributed by atoms with Gasteiger partial charge in [-0.3, -0.25) is 0 Å². The summed E-state index contributed by atoms with van der Waals surface area (Å²) in [6.45, 7) is 7.94. The highest BCUT2D eigenvalue weighted by atomic mass is 16.7. The summed E-state index contributed by atoms with van der Waals surface area (Å²) >= 11 is 0. The van der Waals surface area contributed by atoms with Gasteiger partial charge in [-0.2, -0.15) is 0 Å². The largest absolute Gasteiger partial charge is 0.496 e. The Hall–Kier alpha value is -1.80. The van der Waals surface area contributed by atoms with Crippen LogP contribution in [0.4, 0.5) is 10.5 Å². The Kier molecular flexibility index (Phi) is 4.59. The van der Waals surface area contributed by atoms with E-state index in [0.717, 1.165) is 5.46 Å². The van der Waals surface area contributed by atoms with Crippen LogP contribution in [0.5, 0.6) is 5.88 Å². The van der Waals surface area contributed by atoms with Crippen LogP contribution in [0.15, 0.2) is 12.3 Å². The first-order valence-corrected chi connectivity index (χ1v) is 7.45. The van der Waals surface area contributed by atoms with Crippen LogP contribution in [0.1, 0.15) is 27.7 Å². The first-order valence-electron chi connectivity index (χ1n) is 7.45. The summed E-state index contributed by atoms with van der Waals surface area (Å²) in [4.78, 5) is 17.6. The zero-order chi connectivity index (χ0) is 17.4. The van der Waals surface area contributed by atoms with Gasteiger partial charge in [0, 0.05) is 25.8 Å². The number of hydrogen-bond donors (Lipinski definition) is 1. The Balaban J connectivity index is 2.30. The first kappa shape index (κ1) is 17.6. The fraction of sp³-hybridized carbons (Fsp3) is 0.600. The minimum absolute atomic E-state index is 0.267. The lowest BCUT2D eigenvalue weighted by Crippen LogP contribution is -2.41. The highest BCUT2D eigenvalue weighted by Gasteiger charge is 2.51. The fourth-order valence-electron chi connectivity index (χ4n) is 2.06. The maximum Gasteiger partial charge on any atom is 0.496 e. The Morgan fingerprint density at radius 3 is 2.30 bits per heavy atom. The highest BCUT2D eigenvalue weighted by molar-refractivity contribution is 6.62. The van der Waals surface area contributed by atoms with Crippen molar-refractivity contribution in [2.75, 3.05) is 26.5 Å². The van der Waals surface area contributed by atoms with Crippen molar-refractivity contribution in [2.45, 2.75) is 38.9 Å². The number of anilines is 1. The minimum atomic E-state index is -0.548. The molecule has 1 aliphatic rings. The third-order valence-corrected chi connectivity index (χ3v) is 4.24. The monoisotopic (exact) mass is 321 g/mol. The third kappa shape index (κ3) is 3.43. The first-order chi connectivity index (χ1) is 10.6. The van der Waals surface area contributed by atoms with E-state index >= 15 is 0 Å². The van der Waals surface area contributed by atoms with Crippen molar-refractivity contribution in [1.29, 1.82) is 0 Å². The molecular formula is C15H24BN3O4. The van der Waals surface area contributed by atoms with Gasteiger partial charge in [0.1, 0.15) is 5.69 Å². The average molecular weight is 321 g/mol. The molecule has 1 aromatic heterocycles. The second-order valence-corrected chi connectivity index (χ2v) is 6.74. The number of hydrogen-bond acceptors (Lipinski definition) is 5. The van der Waals surface area contributed by atoms with Gasteiger partial charge >= 0.3 is 13.1 Å². The van der Waals surface area contributed by atoms with Gasteiger partial charge in [-0.25, -0.2) is 9.78 Å². The molecule has 2 rings (SSSR count). The third-order valence-electron chi connectivity index (χ3n) is 4.24. The molecule has 1 saturated heterocycles. The summed E-state index contributed by atoms with van der Waals surface area (Å²) in [5, 5.41) is 2.75. The maximum atomic E-state index is 11.9. The van der Waals surface area contributed by atoms with E-state index in [2.05, 4.69) is 10.3 Å². The van der Waals surface area contributed by atoms with Crippen LogP contribution in [0.3, 0.4) is 0 Å². The van der Waals surface area contributed by atoms with Crippen LogP contribution < -0.4 is 15.5 Å². The summed E-state index contributed by atoms with van der Waals surface area (Å²) in [5.41, 5.74) is 0.312. The van der Waals surface area contributed by atoms with Crippen molar-refractivity contribution in [2.24, 2.45) is 0 Å². The van der Waals surface area contributed by atoms with Gasteiger partial charge in [-0.05, 0) is 33.8 Å². The molecule has 126 valence electrons. The molecule has 0 bridgehead atoms. The molecule has 1 fully saturated rings. The van der Waals surface area contributed by atoms with Gasteiger partial charge in [-0.15, -0.1) is 0 Å². The predicted molar refractivity (Wildman–Crippen MR) is 89.2 cm³/mol. The number of methoxy groups -OCH3 is 1. The van der Waals surface area contributed by atoms with Gasteiger partial charge in [0.15, 0.2) is 0 Å². The summed E-state index contributed by atoms with van der Waals surface area (Å²) < 4.78 is 17.2. The molecule has 2 amide bonds. The van der Waals surface area contributed by atoms with Crippen LogP contribution in [0.25, 0.3) is 0 Å². The molecule has 0 radical (unpaired) electrons. The van der Waals surface area contributed by atoms with E-state index < -0.39 is 18.3 Å². The van der Waals surface area contributed by atoms with Crippen LogP contribution in [-0.2, 0) is 9.31 Å². The molecule has 0 saturated carbocycles. The van der Waals surface area contributed by atoms with Crippen LogP contribution in [-0.4, -0.2) is 55.4 Å². The van der Waals surface area contributed by atoms with E-state index in [1.165, 1.54) is 12.0 Å². The Labute approximate surface area is 137 Å². The topological polar surface area (TPSA) is 72.9 Å². The van der Waals surface area contributed by atoms with Gasteiger partial charge in [0.05, 0.1) is 18.3 Å². The number of nitrogens with one attached hydrogen (secondary N) is 1. The molecule has 0 atom stereocenters. The number of amides is 2. The van der Waals surface area contributed by atoms with E-state index in [-0.39, 0.29) is 6.03 Å². The number of rotatable bonds is 3. The number of carbonyl (C=O) groups is 1. The number of nitrogens with zero attached hydrogens (tertiary/aromatic N) is 2. The van der Waals surface area contributed by atoms with E-state index in [4.69, 9.17) is 14.0 Å². The van der Waals surface area contributed by atoms with Crippen molar-refractivity contribution in [3.8, 4) is 5.88 Å². The van der Waals surface area contributed by atoms with Gasteiger partial charge < -0.3 is 24.3 Å². The van der Waals surface area contributed by atoms with Crippen molar-refractivity contribution < 1.29 is 18.8 Å². The molecule has 0 aliphatic carbocycles. The summed E-state index contributed by atoms with van der Waals surface area (Å²) in [6.07, 6.45) is 1.63. The van der Waals surface area contributed by atoms with Crippen LogP contribution in [0, 0.1) is 0 Å². The zero-order valence-corrected chi connectivity index (χ0v) is 14.8. The van der Waals surface area contributed by atoms with Crippen molar-refractivity contribution in [3.05, 3.63) is 12.3 Å². The molecular weight excluding hydrogens is 297 g/mol. The maximum absolute atomic E-state index is 11.9. The van der Waals surface area contributed by atoms with E-state index in [1.54, 1.807) is 26.4 Å². The lowest BCUT2D eigenvalue weighted by molar-refractivity contribution is 0.00578. The predicted octanol–water partition coefficient (Wildman–Crippen LogP) is 1.48. The van der Waals surface area contributed by atoms with Crippen LogP contribution >= 0.6 is 0 Å². The summed E-state index contributed by atoms with van der Waals surface area (Å²) in [7, 11) is 4.27. The number of urea groups is 1. The fourth-order valence-corrected chi connectivity index (χ4v) is 2.06. The lowest BCUT2D eigenvalue weighted by atomic mass is 9.80. The summed E-state index contributed by atoms with van der Waals surface area (Å²) in [6, 6.07) is 1.49. The summed E-state index contributed by atoms with van der Waals surface area (Å²) in [5.74, 6) is 0.334. The molecule has 2 heterocycles. The second-order valence-electron chi connectivity index (χ2n) is 6.74. The minimum Gasteiger partial charge on any atom is -0.480 e. The molecule has 0 spiro atoms. The molecule has 7 nitrogen and oxygen atoms in total. The van der Waals surface area contributed by atoms with Crippen molar-refractivity contribution in [3.63, 3.8) is 0 Å². The normalized spacial score (nSPS) is 18.7. The lowest BCUT2D eigenvalue weighted by Gasteiger charge is -2.32. The molecule has 0 aromatic carbocycles. The molecule has 8 heteroatoms. The van der Waals surface area contributed by atoms with E-state index in [1.807, 2.05) is 27.7 Å². The quantitative estimate of drug-likeness (QED) is 0.854. The van der Waals surface area contributed by atoms with E-state index in [0.29, 0.717) is 11.6 Å². The molecule has 23 heavy (non-hydrogen) atoms. The zero-order valence-electron chi connectivity index (χ0n) is 14.8. The van der Waals surface area contributed by atoms with Crippen LogP contribution in [0.2, 0.25) is 0 Å². The molecule has 1 aromatic rings. The molecule has 0 unspecified atom stereocenters.